The predicted molar refractivity (Wildman–Crippen MR) is 123 cm³/mol. The molecule has 152 valence electrons. The zero-order valence-electron chi connectivity index (χ0n) is 16.6. The highest BCUT2D eigenvalue weighted by Gasteiger charge is 2.17. The fourth-order valence-electron chi connectivity index (χ4n) is 3.13. The van der Waals surface area contributed by atoms with Crippen molar-refractivity contribution in [2.24, 2.45) is 0 Å². The van der Waals surface area contributed by atoms with Crippen LogP contribution in [-0.4, -0.2) is 26.4 Å². The Labute approximate surface area is 184 Å². The number of nitrogens with zero attached hydrogens (tertiary/aromatic N) is 3. The van der Waals surface area contributed by atoms with Crippen molar-refractivity contribution in [3.8, 4) is 10.7 Å². The average molecular weight is 435 g/mol. The van der Waals surface area contributed by atoms with Gasteiger partial charge in [-0.15, -0.1) is 21.5 Å². The molecule has 2 aromatic heterocycles. The SMILES string of the molecule is C[C@@H](NC(=O)CSc1nnc(-c2cccs2)n1Cc1ccccc1)c1ccccc1. The van der Waals surface area contributed by atoms with Gasteiger partial charge >= 0.3 is 0 Å². The minimum absolute atomic E-state index is 0.0247. The van der Waals surface area contributed by atoms with E-state index >= 15 is 0 Å². The molecule has 0 aliphatic carbocycles. The van der Waals surface area contributed by atoms with Gasteiger partial charge in [0.1, 0.15) is 0 Å². The standard InChI is InChI=1S/C23H22N4OS2/c1-17(19-11-6-3-7-12-19)24-21(28)16-30-23-26-25-22(20-13-8-14-29-20)27(23)15-18-9-4-2-5-10-18/h2-14,17H,15-16H2,1H3,(H,24,28)/t17-/m1/s1. The molecule has 2 heterocycles. The van der Waals surface area contributed by atoms with Gasteiger partial charge in [-0.05, 0) is 29.5 Å². The van der Waals surface area contributed by atoms with Gasteiger partial charge in [0.15, 0.2) is 11.0 Å². The van der Waals surface area contributed by atoms with E-state index in [0.717, 1.165) is 21.4 Å². The molecule has 5 nitrogen and oxygen atoms in total. The van der Waals surface area contributed by atoms with Gasteiger partial charge in [0.2, 0.25) is 5.91 Å². The zero-order chi connectivity index (χ0) is 20.8. The molecule has 2 aromatic carbocycles. The summed E-state index contributed by atoms with van der Waals surface area (Å²) in [7, 11) is 0. The molecule has 0 fully saturated rings. The highest BCUT2D eigenvalue weighted by molar-refractivity contribution is 7.99. The first-order valence-electron chi connectivity index (χ1n) is 9.69. The summed E-state index contributed by atoms with van der Waals surface area (Å²) in [6.07, 6.45) is 0. The van der Waals surface area contributed by atoms with Gasteiger partial charge < -0.3 is 5.32 Å². The third kappa shape index (κ3) is 4.98. The molecule has 4 aromatic rings. The van der Waals surface area contributed by atoms with Gasteiger partial charge in [-0.3, -0.25) is 9.36 Å². The number of carbonyl (C=O) groups is 1. The van der Waals surface area contributed by atoms with Crippen LogP contribution in [0, 0.1) is 0 Å². The lowest BCUT2D eigenvalue weighted by Gasteiger charge is -2.14. The summed E-state index contributed by atoms with van der Waals surface area (Å²) < 4.78 is 2.08. The summed E-state index contributed by atoms with van der Waals surface area (Å²) in [4.78, 5) is 13.6. The van der Waals surface area contributed by atoms with Crippen LogP contribution < -0.4 is 5.32 Å². The van der Waals surface area contributed by atoms with Crippen molar-refractivity contribution in [2.45, 2.75) is 24.7 Å². The Hall–Kier alpha value is -2.90. The van der Waals surface area contributed by atoms with E-state index in [1.807, 2.05) is 73.0 Å². The van der Waals surface area contributed by atoms with Crippen LogP contribution in [0.15, 0.2) is 83.3 Å². The van der Waals surface area contributed by atoms with Crippen molar-refractivity contribution in [1.29, 1.82) is 0 Å². The minimum Gasteiger partial charge on any atom is -0.349 e. The first kappa shape index (κ1) is 20.4. The van der Waals surface area contributed by atoms with E-state index in [2.05, 4.69) is 32.2 Å². The van der Waals surface area contributed by atoms with Crippen LogP contribution in [0.4, 0.5) is 0 Å². The number of nitrogens with one attached hydrogen (secondary N) is 1. The fourth-order valence-corrected chi connectivity index (χ4v) is 4.60. The number of thiophene rings is 1. The summed E-state index contributed by atoms with van der Waals surface area (Å²) in [5, 5.41) is 14.6. The van der Waals surface area contributed by atoms with Gasteiger partial charge in [-0.25, -0.2) is 0 Å². The minimum atomic E-state index is -0.0387. The van der Waals surface area contributed by atoms with E-state index in [9.17, 15) is 4.79 Å². The molecule has 4 rings (SSSR count). The number of amides is 1. The molecule has 0 spiro atoms. The van der Waals surface area contributed by atoms with Crippen molar-refractivity contribution in [2.75, 3.05) is 5.75 Å². The second kappa shape index (κ2) is 9.73. The second-order valence-corrected chi connectivity index (χ2v) is 8.73. The summed E-state index contributed by atoms with van der Waals surface area (Å²) in [5.74, 6) is 1.09. The van der Waals surface area contributed by atoms with E-state index < -0.39 is 0 Å². The Morgan fingerprint density at radius 2 is 1.77 bits per heavy atom. The highest BCUT2D eigenvalue weighted by atomic mass is 32.2. The number of hydrogen-bond donors (Lipinski definition) is 1. The molecule has 1 amide bonds. The monoisotopic (exact) mass is 434 g/mol. The third-order valence-corrected chi connectivity index (χ3v) is 6.48. The van der Waals surface area contributed by atoms with Gasteiger partial charge in [-0.2, -0.15) is 0 Å². The van der Waals surface area contributed by atoms with Crippen LogP contribution in [0.2, 0.25) is 0 Å². The summed E-state index contributed by atoms with van der Waals surface area (Å²) in [6.45, 7) is 2.65. The molecular formula is C23H22N4OS2. The smallest absolute Gasteiger partial charge is 0.230 e. The summed E-state index contributed by atoms with van der Waals surface area (Å²) in [5.41, 5.74) is 2.25. The maximum atomic E-state index is 12.5. The van der Waals surface area contributed by atoms with Gasteiger partial charge in [0.05, 0.1) is 23.2 Å². The van der Waals surface area contributed by atoms with Crippen molar-refractivity contribution in [3.05, 3.63) is 89.3 Å². The third-order valence-electron chi connectivity index (χ3n) is 4.65. The van der Waals surface area contributed by atoms with Crippen LogP contribution in [0.5, 0.6) is 0 Å². The van der Waals surface area contributed by atoms with E-state index in [4.69, 9.17) is 0 Å². The Morgan fingerprint density at radius 3 is 2.47 bits per heavy atom. The topological polar surface area (TPSA) is 59.8 Å². The average Bonchev–Trinajstić information content (AvgIpc) is 3.44. The van der Waals surface area contributed by atoms with Crippen molar-refractivity contribution in [3.63, 3.8) is 0 Å². The van der Waals surface area contributed by atoms with Crippen molar-refractivity contribution >= 4 is 29.0 Å². The number of carbonyl (C=O) groups excluding carboxylic acids is 1. The highest BCUT2D eigenvalue weighted by Crippen LogP contribution is 2.28. The van der Waals surface area contributed by atoms with Gasteiger partial charge in [-0.1, -0.05) is 78.5 Å². The molecule has 0 saturated carbocycles. The van der Waals surface area contributed by atoms with E-state index in [1.54, 1.807) is 11.3 Å². The van der Waals surface area contributed by atoms with Gasteiger partial charge in [0, 0.05) is 0 Å². The molecule has 0 radical (unpaired) electrons. The molecule has 1 N–H and O–H groups in total. The van der Waals surface area contributed by atoms with Crippen LogP contribution >= 0.6 is 23.1 Å². The number of benzene rings is 2. The Balaban J connectivity index is 1.47. The molecule has 30 heavy (non-hydrogen) atoms. The number of thioether (sulfide) groups is 1. The predicted octanol–water partition coefficient (Wildman–Crippen LogP) is 5.02. The molecule has 0 aliphatic heterocycles. The quantitative estimate of drug-likeness (QED) is 0.395. The maximum Gasteiger partial charge on any atom is 0.230 e. The molecule has 7 heteroatoms. The van der Waals surface area contributed by atoms with Gasteiger partial charge in [0.25, 0.3) is 0 Å². The van der Waals surface area contributed by atoms with Crippen molar-refractivity contribution in [1.82, 2.24) is 20.1 Å². The van der Waals surface area contributed by atoms with Crippen LogP contribution in [0.3, 0.4) is 0 Å². The molecule has 0 saturated heterocycles. The molecule has 0 bridgehead atoms. The van der Waals surface area contributed by atoms with Crippen LogP contribution in [-0.2, 0) is 11.3 Å². The second-order valence-electron chi connectivity index (χ2n) is 6.84. The normalized spacial score (nSPS) is 11.9. The van der Waals surface area contributed by atoms with Crippen LogP contribution in [0.1, 0.15) is 24.1 Å². The van der Waals surface area contributed by atoms with E-state index in [1.165, 1.54) is 17.3 Å². The molecule has 0 aliphatic rings. The number of rotatable bonds is 8. The lowest BCUT2D eigenvalue weighted by molar-refractivity contribution is -0.119. The lowest BCUT2D eigenvalue weighted by atomic mass is 10.1. The molecule has 0 unspecified atom stereocenters. The first-order valence-corrected chi connectivity index (χ1v) is 11.6. The van der Waals surface area contributed by atoms with Crippen molar-refractivity contribution < 1.29 is 4.79 Å². The molecular weight excluding hydrogens is 412 g/mol. The van der Waals surface area contributed by atoms with E-state index in [0.29, 0.717) is 6.54 Å². The maximum absolute atomic E-state index is 12.5. The lowest BCUT2D eigenvalue weighted by Crippen LogP contribution is -2.28. The number of hydrogen-bond acceptors (Lipinski definition) is 5. The Kier molecular flexibility index (Phi) is 6.61. The first-order chi connectivity index (χ1) is 14.7. The summed E-state index contributed by atoms with van der Waals surface area (Å²) >= 11 is 3.04. The Bertz CT molecular complexity index is 1080. The fraction of sp³-hybridized carbons (Fsp3) is 0.174. The number of aromatic nitrogens is 3. The Morgan fingerprint density at radius 1 is 1.03 bits per heavy atom. The summed E-state index contributed by atoms with van der Waals surface area (Å²) in [6, 6.07) is 24.2. The van der Waals surface area contributed by atoms with E-state index in [-0.39, 0.29) is 17.7 Å². The molecule has 1 atom stereocenters. The zero-order valence-corrected chi connectivity index (χ0v) is 18.2. The largest absolute Gasteiger partial charge is 0.349 e. The van der Waals surface area contributed by atoms with Crippen LogP contribution in [0.25, 0.3) is 10.7 Å².